The fourth-order valence-electron chi connectivity index (χ4n) is 1.62. The lowest BCUT2D eigenvalue weighted by atomic mass is 10.1. The Morgan fingerprint density at radius 2 is 2.16 bits per heavy atom. The zero-order valence-electron chi connectivity index (χ0n) is 11.7. The van der Waals surface area contributed by atoms with E-state index in [0.29, 0.717) is 11.3 Å². The van der Waals surface area contributed by atoms with E-state index in [1.165, 1.54) is 0 Å². The average molecular weight is 266 g/mol. The van der Waals surface area contributed by atoms with E-state index in [0.717, 1.165) is 12.2 Å². The molecule has 19 heavy (non-hydrogen) atoms. The van der Waals surface area contributed by atoms with E-state index in [1.807, 2.05) is 26.8 Å². The van der Waals surface area contributed by atoms with Gasteiger partial charge in [0.2, 0.25) is 0 Å². The number of aliphatic hydroxyl groups is 1. The maximum atomic E-state index is 11.9. The molecule has 3 N–H and O–H groups in total. The van der Waals surface area contributed by atoms with E-state index in [1.54, 1.807) is 12.1 Å². The standard InChI is InChI=1S/C14H22N2O3/c1-4-15-12-6-5-11(14(18)16-10(2)3)9-13(12)19-8-7-17/h5-6,9-10,15,17H,4,7-8H2,1-3H3,(H,16,18). The molecule has 0 saturated heterocycles. The van der Waals surface area contributed by atoms with Crippen molar-refractivity contribution in [3.8, 4) is 5.75 Å². The molecule has 1 aromatic rings. The predicted octanol–water partition coefficient (Wildman–Crippen LogP) is 1.63. The van der Waals surface area contributed by atoms with Crippen molar-refractivity contribution in [1.29, 1.82) is 0 Å². The minimum absolute atomic E-state index is 0.0615. The molecule has 5 nitrogen and oxygen atoms in total. The lowest BCUT2D eigenvalue weighted by molar-refractivity contribution is 0.0942. The molecular formula is C14H22N2O3. The first-order valence-corrected chi connectivity index (χ1v) is 6.51. The van der Waals surface area contributed by atoms with E-state index in [9.17, 15) is 4.79 Å². The summed E-state index contributed by atoms with van der Waals surface area (Å²) in [5.41, 5.74) is 1.36. The molecule has 0 aliphatic carbocycles. The third kappa shape index (κ3) is 4.79. The first kappa shape index (κ1) is 15.3. The zero-order chi connectivity index (χ0) is 14.3. The van der Waals surface area contributed by atoms with Gasteiger partial charge in [-0.15, -0.1) is 0 Å². The topological polar surface area (TPSA) is 70.6 Å². The highest BCUT2D eigenvalue weighted by atomic mass is 16.5. The molecule has 0 heterocycles. The Morgan fingerprint density at radius 3 is 2.74 bits per heavy atom. The van der Waals surface area contributed by atoms with Crippen LogP contribution in [0.1, 0.15) is 31.1 Å². The van der Waals surface area contributed by atoms with Crippen molar-refractivity contribution in [2.45, 2.75) is 26.8 Å². The molecule has 5 heteroatoms. The van der Waals surface area contributed by atoms with Gasteiger partial charge < -0.3 is 20.5 Å². The summed E-state index contributed by atoms with van der Waals surface area (Å²) >= 11 is 0. The first-order chi connectivity index (χ1) is 9.08. The summed E-state index contributed by atoms with van der Waals surface area (Å²) in [5, 5.41) is 14.8. The Bertz CT molecular complexity index is 419. The molecule has 0 radical (unpaired) electrons. The average Bonchev–Trinajstić information content (AvgIpc) is 2.37. The van der Waals surface area contributed by atoms with Crippen LogP contribution in [0, 0.1) is 0 Å². The molecule has 0 bridgehead atoms. The summed E-state index contributed by atoms with van der Waals surface area (Å²) in [6.07, 6.45) is 0. The van der Waals surface area contributed by atoms with Gasteiger partial charge in [-0.1, -0.05) is 0 Å². The number of hydrogen-bond donors (Lipinski definition) is 3. The molecule has 0 saturated carbocycles. The Hall–Kier alpha value is -1.75. The highest BCUT2D eigenvalue weighted by molar-refractivity contribution is 5.95. The van der Waals surface area contributed by atoms with Crippen molar-refractivity contribution in [1.82, 2.24) is 5.32 Å². The molecule has 0 spiro atoms. The number of nitrogens with one attached hydrogen (secondary N) is 2. The largest absolute Gasteiger partial charge is 0.489 e. The van der Waals surface area contributed by atoms with Gasteiger partial charge in [-0.3, -0.25) is 4.79 Å². The number of amides is 1. The van der Waals surface area contributed by atoms with E-state index in [-0.39, 0.29) is 25.2 Å². The summed E-state index contributed by atoms with van der Waals surface area (Å²) in [4.78, 5) is 11.9. The Labute approximate surface area is 114 Å². The van der Waals surface area contributed by atoms with Crippen LogP contribution in [-0.4, -0.2) is 36.8 Å². The number of aliphatic hydroxyl groups excluding tert-OH is 1. The zero-order valence-corrected chi connectivity index (χ0v) is 11.7. The number of ether oxygens (including phenoxy) is 1. The molecule has 0 atom stereocenters. The quantitative estimate of drug-likeness (QED) is 0.701. The Kier molecular flexibility index (Phi) is 6.15. The van der Waals surface area contributed by atoms with Crippen molar-refractivity contribution >= 4 is 11.6 Å². The minimum atomic E-state index is -0.133. The van der Waals surface area contributed by atoms with Crippen LogP contribution in [0.5, 0.6) is 5.75 Å². The van der Waals surface area contributed by atoms with Crippen LogP contribution >= 0.6 is 0 Å². The van der Waals surface area contributed by atoms with Crippen molar-refractivity contribution in [3.05, 3.63) is 23.8 Å². The second-order valence-corrected chi connectivity index (χ2v) is 4.44. The van der Waals surface area contributed by atoms with Crippen LogP contribution in [0.4, 0.5) is 5.69 Å². The first-order valence-electron chi connectivity index (χ1n) is 6.51. The summed E-state index contributed by atoms with van der Waals surface area (Å²) in [5.74, 6) is 0.444. The van der Waals surface area contributed by atoms with Gasteiger partial charge in [0.25, 0.3) is 5.91 Å². The normalized spacial score (nSPS) is 10.4. The SMILES string of the molecule is CCNc1ccc(C(=O)NC(C)C)cc1OCCO. The van der Waals surface area contributed by atoms with Gasteiger partial charge in [0.1, 0.15) is 12.4 Å². The van der Waals surface area contributed by atoms with Gasteiger partial charge in [-0.05, 0) is 39.0 Å². The third-order valence-electron chi connectivity index (χ3n) is 2.38. The summed E-state index contributed by atoms with van der Waals surface area (Å²) in [7, 11) is 0. The summed E-state index contributed by atoms with van der Waals surface area (Å²) < 4.78 is 5.44. The lowest BCUT2D eigenvalue weighted by Crippen LogP contribution is -2.30. The molecule has 0 aliphatic rings. The van der Waals surface area contributed by atoms with Gasteiger partial charge in [0.15, 0.2) is 0 Å². The molecule has 0 fully saturated rings. The van der Waals surface area contributed by atoms with Gasteiger partial charge in [0, 0.05) is 18.2 Å². The van der Waals surface area contributed by atoms with E-state index < -0.39 is 0 Å². The minimum Gasteiger partial charge on any atom is -0.489 e. The summed E-state index contributed by atoms with van der Waals surface area (Å²) in [6.45, 7) is 6.70. The van der Waals surface area contributed by atoms with E-state index in [4.69, 9.17) is 9.84 Å². The monoisotopic (exact) mass is 266 g/mol. The van der Waals surface area contributed by atoms with Crippen LogP contribution in [0.2, 0.25) is 0 Å². The molecule has 106 valence electrons. The Balaban J connectivity index is 2.92. The lowest BCUT2D eigenvalue weighted by Gasteiger charge is -2.14. The number of hydrogen-bond acceptors (Lipinski definition) is 4. The molecule has 1 amide bonds. The van der Waals surface area contributed by atoms with Crippen LogP contribution in [0.25, 0.3) is 0 Å². The van der Waals surface area contributed by atoms with E-state index >= 15 is 0 Å². The van der Waals surface area contributed by atoms with Crippen LogP contribution in [-0.2, 0) is 0 Å². The number of carbonyl (C=O) groups is 1. The number of rotatable bonds is 7. The number of anilines is 1. The van der Waals surface area contributed by atoms with E-state index in [2.05, 4.69) is 10.6 Å². The fourth-order valence-corrected chi connectivity index (χ4v) is 1.62. The molecule has 0 aliphatic heterocycles. The molecule has 0 aromatic heterocycles. The summed E-state index contributed by atoms with van der Waals surface area (Å²) in [6, 6.07) is 5.33. The van der Waals surface area contributed by atoms with Gasteiger partial charge >= 0.3 is 0 Å². The second-order valence-electron chi connectivity index (χ2n) is 4.44. The van der Waals surface area contributed by atoms with Crippen LogP contribution in [0.15, 0.2) is 18.2 Å². The maximum Gasteiger partial charge on any atom is 0.251 e. The number of benzene rings is 1. The van der Waals surface area contributed by atoms with Crippen molar-refractivity contribution in [2.75, 3.05) is 25.1 Å². The number of carbonyl (C=O) groups excluding carboxylic acids is 1. The Morgan fingerprint density at radius 1 is 1.42 bits per heavy atom. The van der Waals surface area contributed by atoms with Crippen LogP contribution < -0.4 is 15.4 Å². The molecular weight excluding hydrogens is 244 g/mol. The van der Waals surface area contributed by atoms with Crippen molar-refractivity contribution in [2.24, 2.45) is 0 Å². The van der Waals surface area contributed by atoms with Gasteiger partial charge in [-0.25, -0.2) is 0 Å². The van der Waals surface area contributed by atoms with Crippen molar-refractivity contribution < 1.29 is 14.6 Å². The highest BCUT2D eigenvalue weighted by Gasteiger charge is 2.11. The maximum absolute atomic E-state index is 11.9. The highest BCUT2D eigenvalue weighted by Crippen LogP contribution is 2.25. The molecule has 1 aromatic carbocycles. The fraction of sp³-hybridized carbons (Fsp3) is 0.500. The third-order valence-corrected chi connectivity index (χ3v) is 2.38. The predicted molar refractivity (Wildman–Crippen MR) is 75.8 cm³/mol. The van der Waals surface area contributed by atoms with Gasteiger partial charge in [0.05, 0.1) is 12.3 Å². The second kappa shape index (κ2) is 7.63. The van der Waals surface area contributed by atoms with Gasteiger partial charge in [-0.2, -0.15) is 0 Å². The molecule has 0 unspecified atom stereocenters. The van der Waals surface area contributed by atoms with Crippen molar-refractivity contribution in [3.63, 3.8) is 0 Å². The van der Waals surface area contributed by atoms with Crippen LogP contribution in [0.3, 0.4) is 0 Å². The molecule has 1 rings (SSSR count). The smallest absolute Gasteiger partial charge is 0.251 e.